The molecule has 0 saturated heterocycles. The highest BCUT2D eigenvalue weighted by atomic mass is 16.5. The van der Waals surface area contributed by atoms with E-state index in [1.54, 1.807) is 24.3 Å². The number of carbonyl (C=O) groups is 2. The lowest BCUT2D eigenvalue weighted by Gasteiger charge is -2.23. The molecular weight excluding hydrogens is 651 g/mol. The number of imide groups is 1. The zero-order valence-electron chi connectivity index (χ0n) is 34.0. The van der Waals surface area contributed by atoms with Crippen LogP contribution in [0.1, 0.15) is 160 Å². The highest BCUT2D eigenvalue weighted by Gasteiger charge is 2.40. The van der Waals surface area contributed by atoms with E-state index < -0.39 is 11.8 Å². The number of benzene rings is 2. The summed E-state index contributed by atoms with van der Waals surface area (Å²) in [5.41, 5.74) is 13.5. The van der Waals surface area contributed by atoms with Crippen LogP contribution in [0.2, 0.25) is 0 Å². The third kappa shape index (κ3) is 13.2. The number of ether oxygens (including phenoxy) is 3. The molecule has 1 heterocycles. The lowest BCUT2D eigenvalue weighted by molar-refractivity contribution is 0.0926. The van der Waals surface area contributed by atoms with E-state index in [2.05, 4.69) is 62.3 Å². The third-order valence-electron chi connectivity index (χ3n) is 10.4. The molecule has 292 valence electrons. The summed E-state index contributed by atoms with van der Waals surface area (Å²) >= 11 is 0. The highest BCUT2D eigenvalue weighted by Crippen LogP contribution is 2.45. The van der Waals surface area contributed by atoms with Crippen molar-refractivity contribution in [1.82, 2.24) is 0 Å². The minimum Gasteiger partial charge on any atom is -0.489 e. The summed E-state index contributed by atoms with van der Waals surface area (Å²) in [6.45, 7) is 21.9. The molecule has 1 aliphatic heterocycles. The molecule has 8 heteroatoms. The molecule has 2 aromatic rings. The van der Waals surface area contributed by atoms with Crippen molar-refractivity contribution in [3.05, 3.63) is 35.4 Å². The minimum atomic E-state index is -0.511. The fourth-order valence-electron chi connectivity index (χ4n) is 6.85. The van der Waals surface area contributed by atoms with Gasteiger partial charge in [0.15, 0.2) is 11.5 Å². The van der Waals surface area contributed by atoms with Gasteiger partial charge in [0, 0.05) is 23.5 Å². The first-order chi connectivity index (χ1) is 24.7. The van der Waals surface area contributed by atoms with Gasteiger partial charge in [-0.25, -0.2) is 4.90 Å². The molecule has 8 nitrogen and oxygen atoms in total. The summed E-state index contributed by atoms with van der Waals surface area (Å²) in [6, 6.07) is 6.61. The van der Waals surface area contributed by atoms with Crippen molar-refractivity contribution in [2.45, 2.75) is 139 Å². The number of nitrogen functional groups attached to an aromatic ring is 2. The largest absolute Gasteiger partial charge is 0.489 e. The predicted octanol–water partition coefficient (Wildman–Crippen LogP) is 11.3. The molecule has 0 radical (unpaired) electrons. The molecule has 52 heavy (non-hydrogen) atoms. The molecule has 3 atom stereocenters. The van der Waals surface area contributed by atoms with Gasteiger partial charge < -0.3 is 25.7 Å². The molecule has 1 aliphatic rings. The van der Waals surface area contributed by atoms with Crippen molar-refractivity contribution in [1.29, 1.82) is 0 Å². The Bertz CT molecular complexity index is 1330. The smallest absolute Gasteiger partial charge is 0.268 e. The van der Waals surface area contributed by atoms with Crippen molar-refractivity contribution in [2.75, 3.05) is 36.2 Å². The van der Waals surface area contributed by atoms with E-state index >= 15 is 0 Å². The predicted molar refractivity (Wildman–Crippen MR) is 217 cm³/mol. The fourth-order valence-corrected chi connectivity index (χ4v) is 6.85. The quantitative estimate of drug-likeness (QED) is 0.0774. The number of fused-ring (bicyclic) bond motifs is 1. The van der Waals surface area contributed by atoms with Crippen molar-refractivity contribution < 1.29 is 23.8 Å². The number of carbonyl (C=O) groups excluding carboxylic acids is 2. The van der Waals surface area contributed by atoms with Gasteiger partial charge in [0.25, 0.3) is 11.8 Å². The van der Waals surface area contributed by atoms with Crippen LogP contribution in [-0.4, -0.2) is 31.6 Å². The number of anilines is 3. The van der Waals surface area contributed by atoms with Gasteiger partial charge in [0.1, 0.15) is 0 Å². The molecule has 4 N–H and O–H groups in total. The Balaban J connectivity index is 1.93. The molecule has 0 spiro atoms. The first-order valence-corrected chi connectivity index (χ1v) is 20.3. The Morgan fingerprint density at radius 3 is 1.21 bits per heavy atom. The van der Waals surface area contributed by atoms with Gasteiger partial charge in [-0.15, -0.1) is 0 Å². The normalized spacial score (nSPS) is 14.7. The van der Waals surface area contributed by atoms with Crippen molar-refractivity contribution >= 4 is 28.9 Å². The van der Waals surface area contributed by atoms with Crippen LogP contribution in [0.15, 0.2) is 24.3 Å². The van der Waals surface area contributed by atoms with Gasteiger partial charge in [-0.2, -0.15) is 0 Å². The lowest BCUT2D eigenvalue weighted by Crippen LogP contribution is -2.29. The summed E-state index contributed by atoms with van der Waals surface area (Å²) in [7, 11) is 0. The van der Waals surface area contributed by atoms with Crippen molar-refractivity contribution in [2.24, 2.45) is 35.5 Å². The molecule has 3 rings (SSSR count). The second-order valence-corrected chi connectivity index (χ2v) is 16.9. The number of nitrogens with zero attached hydrogens (tertiary/aromatic N) is 1. The van der Waals surface area contributed by atoms with Gasteiger partial charge >= 0.3 is 0 Å². The molecule has 0 aliphatic carbocycles. The van der Waals surface area contributed by atoms with Gasteiger partial charge in [-0.3, -0.25) is 9.59 Å². The maximum atomic E-state index is 13.8. The van der Waals surface area contributed by atoms with E-state index in [1.165, 1.54) is 38.5 Å². The average molecular weight is 722 g/mol. The van der Waals surface area contributed by atoms with Gasteiger partial charge in [0.05, 0.1) is 36.6 Å². The summed E-state index contributed by atoms with van der Waals surface area (Å²) in [5.74, 6) is 4.03. The average Bonchev–Trinajstić information content (AvgIpc) is 3.33. The minimum absolute atomic E-state index is 0.132. The number of nitrogens with two attached hydrogens (primary N) is 2. The molecule has 2 aromatic carbocycles. The Hall–Kier alpha value is -3.42. The van der Waals surface area contributed by atoms with Gasteiger partial charge in [-0.05, 0) is 66.9 Å². The van der Waals surface area contributed by atoms with Crippen LogP contribution in [-0.2, 0) is 0 Å². The Morgan fingerprint density at radius 1 is 0.519 bits per heavy atom. The first kappa shape index (κ1) is 43.0. The van der Waals surface area contributed by atoms with Gasteiger partial charge in [0.2, 0.25) is 5.75 Å². The standard InChI is InChI=1S/C44H71N3O5/c1-29(2)13-10-16-32(7)21-24-50-38-27-35(47-43(48)40-36(45)19-20-37(46)41(40)44(47)49)28-39(51-25-22-33(8)17-11-14-30(3)4)42(38)52-26-23-34(9)18-12-15-31(5)6/h19-20,27-34H,10-18,21-26,45-46H2,1-9H3/t32-,33-,34-/m0/s1. The van der Waals surface area contributed by atoms with Crippen LogP contribution in [0.25, 0.3) is 0 Å². The highest BCUT2D eigenvalue weighted by molar-refractivity contribution is 6.37. The second kappa shape index (κ2) is 21.3. The van der Waals surface area contributed by atoms with E-state index in [0.29, 0.717) is 78.3 Å². The monoisotopic (exact) mass is 722 g/mol. The maximum absolute atomic E-state index is 13.8. The molecule has 0 aromatic heterocycles. The molecular formula is C44H71N3O5. The van der Waals surface area contributed by atoms with Crippen LogP contribution in [0, 0.1) is 35.5 Å². The zero-order chi connectivity index (χ0) is 38.4. The van der Waals surface area contributed by atoms with Crippen LogP contribution in [0.5, 0.6) is 17.2 Å². The van der Waals surface area contributed by atoms with Crippen molar-refractivity contribution in [3.8, 4) is 17.2 Å². The van der Waals surface area contributed by atoms with E-state index in [9.17, 15) is 9.59 Å². The second-order valence-electron chi connectivity index (χ2n) is 16.9. The van der Waals surface area contributed by atoms with E-state index in [0.717, 1.165) is 43.4 Å². The van der Waals surface area contributed by atoms with Gasteiger partial charge in [-0.1, -0.05) is 120 Å². The summed E-state index contributed by atoms with van der Waals surface area (Å²) in [6.07, 6.45) is 13.3. The van der Waals surface area contributed by atoms with Crippen molar-refractivity contribution in [3.63, 3.8) is 0 Å². The first-order valence-electron chi connectivity index (χ1n) is 20.3. The zero-order valence-corrected chi connectivity index (χ0v) is 34.0. The molecule has 2 amide bonds. The van der Waals surface area contributed by atoms with Crippen LogP contribution < -0.4 is 30.6 Å². The Kier molecular flexibility index (Phi) is 17.6. The number of hydrogen-bond acceptors (Lipinski definition) is 7. The van der Waals surface area contributed by atoms with E-state index in [-0.39, 0.29) is 22.5 Å². The molecule has 0 bridgehead atoms. The summed E-state index contributed by atoms with van der Waals surface area (Å²) in [5, 5.41) is 0. The topological polar surface area (TPSA) is 117 Å². The van der Waals surface area contributed by atoms with Crippen LogP contribution in [0.3, 0.4) is 0 Å². The SMILES string of the molecule is CC(C)CCC[C@H](C)CCOc1cc(N2C(=O)c3c(N)ccc(N)c3C2=O)cc(OCC[C@@H](C)CCCC(C)C)c1OCC[C@@H](C)CCCC(C)C. The number of amides is 2. The summed E-state index contributed by atoms with van der Waals surface area (Å²) < 4.78 is 19.6. The lowest BCUT2D eigenvalue weighted by atomic mass is 9.97. The number of rotatable bonds is 25. The third-order valence-corrected chi connectivity index (χ3v) is 10.4. The Labute approximate surface area is 315 Å². The maximum Gasteiger partial charge on any atom is 0.268 e. The van der Waals surface area contributed by atoms with E-state index in [4.69, 9.17) is 25.7 Å². The molecule has 0 fully saturated rings. The Morgan fingerprint density at radius 2 is 0.865 bits per heavy atom. The fraction of sp³-hybridized carbons (Fsp3) is 0.682. The van der Waals surface area contributed by atoms with Crippen LogP contribution >= 0.6 is 0 Å². The molecule has 0 unspecified atom stereocenters. The number of hydrogen-bond donors (Lipinski definition) is 2. The van der Waals surface area contributed by atoms with E-state index in [1.807, 2.05) is 0 Å². The summed E-state index contributed by atoms with van der Waals surface area (Å²) in [4.78, 5) is 28.8. The van der Waals surface area contributed by atoms with Crippen LogP contribution in [0.4, 0.5) is 17.1 Å². The molecule has 0 saturated carbocycles.